The molecule has 0 aliphatic rings. The van der Waals surface area contributed by atoms with Crippen LogP contribution in [-0.4, -0.2) is 9.38 Å². The fraction of sp³-hybridized carbons (Fsp3) is 0.300. The molecule has 0 radical (unpaired) electrons. The lowest BCUT2D eigenvalue weighted by molar-refractivity contribution is 0.512. The average Bonchev–Trinajstić information content (AvgIpc) is 2.70. The highest BCUT2D eigenvalue weighted by Crippen LogP contribution is 2.22. The number of hydrogen-bond acceptors (Lipinski definition) is 2. The van der Waals surface area contributed by atoms with E-state index in [0.29, 0.717) is 10.5 Å². The molecule has 0 saturated heterocycles. The number of halogens is 2. The van der Waals surface area contributed by atoms with E-state index in [9.17, 15) is 0 Å². The molecule has 0 unspecified atom stereocenters. The van der Waals surface area contributed by atoms with Gasteiger partial charge in [-0.15, -0.1) is 12.4 Å². The zero-order valence-electron chi connectivity index (χ0n) is 13.6. The van der Waals surface area contributed by atoms with Gasteiger partial charge in [-0.1, -0.05) is 11.6 Å². The van der Waals surface area contributed by atoms with Crippen molar-refractivity contribution in [3.8, 4) is 0 Å². The van der Waals surface area contributed by atoms with Gasteiger partial charge in [-0.05, 0) is 25.8 Å². The van der Waals surface area contributed by atoms with E-state index in [1.54, 1.807) is 12.1 Å². The van der Waals surface area contributed by atoms with E-state index in [2.05, 4.69) is 4.98 Å². The number of hydrogen-bond donors (Lipinski definition) is 1. The second-order valence-electron chi connectivity index (χ2n) is 3.00. The Morgan fingerprint density at radius 2 is 2.33 bits per heavy atom. The van der Waals surface area contributed by atoms with Gasteiger partial charge < -0.3 is 10.1 Å². The molecule has 0 amide bonds. The topological polar surface area (TPSA) is 43.3 Å². The Balaban J connectivity index is 0.00000220. The molecule has 0 fully saturated rings. The lowest BCUT2D eigenvalue weighted by atomic mass is 10.1. The highest BCUT2D eigenvalue weighted by atomic mass is 35.5. The fourth-order valence-corrected chi connectivity index (χ4v) is 1.49. The van der Waals surface area contributed by atoms with Crippen molar-refractivity contribution in [2.24, 2.45) is 5.73 Å². The Kier molecular flexibility index (Phi) is 1.62. The van der Waals surface area contributed by atoms with Crippen molar-refractivity contribution in [2.45, 2.75) is 19.2 Å². The summed E-state index contributed by atoms with van der Waals surface area (Å²) in [5.74, 6) is -0.269. The van der Waals surface area contributed by atoms with Gasteiger partial charge in [0.15, 0.2) is 0 Å². The second kappa shape index (κ2) is 4.00. The molecule has 0 aliphatic heterocycles. The second-order valence-corrected chi connectivity index (χ2v) is 3.41. The summed E-state index contributed by atoms with van der Waals surface area (Å²) in [6.45, 7) is -5.91. The maximum atomic E-state index is 7.51. The SMILES string of the molecule is Cl.[2H]C([2H])([2H])C(N)(c1ncc2c(Cl)cccn12)C([2H])([2H])[2H]. The summed E-state index contributed by atoms with van der Waals surface area (Å²) in [5.41, 5.74) is 3.59. The normalized spacial score (nSPS) is 19.1. The van der Waals surface area contributed by atoms with Crippen molar-refractivity contribution in [3.05, 3.63) is 35.4 Å². The summed E-state index contributed by atoms with van der Waals surface area (Å²) in [4.78, 5) is 3.89. The van der Waals surface area contributed by atoms with Crippen LogP contribution in [0.25, 0.3) is 5.52 Å². The molecule has 82 valence electrons. The quantitative estimate of drug-likeness (QED) is 0.847. The minimum absolute atomic E-state index is 0. The van der Waals surface area contributed by atoms with Crippen LogP contribution in [0.4, 0.5) is 0 Å². The smallest absolute Gasteiger partial charge is 0.132 e. The zero-order chi connectivity index (χ0) is 15.3. The highest BCUT2D eigenvalue weighted by Gasteiger charge is 2.20. The number of nitrogens with two attached hydrogens (primary N) is 1. The molecule has 2 aromatic rings. The number of nitrogens with zero attached hydrogens (tertiary/aromatic N) is 2. The summed E-state index contributed by atoms with van der Waals surface area (Å²) >= 11 is 5.97. The van der Waals surface area contributed by atoms with Crippen LogP contribution >= 0.6 is 24.0 Å². The molecule has 2 N–H and O–H groups in total. The molecular formula is C10H13Cl2N3. The third-order valence-electron chi connectivity index (χ3n) is 1.87. The van der Waals surface area contributed by atoms with Crippen LogP contribution in [0.5, 0.6) is 0 Å². The minimum atomic E-state index is -2.96. The van der Waals surface area contributed by atoms with Crippen LogP contribution in [0, 0.1) is 0 Å². The first-order valence-electron chi connectivity index (χ1n) is 6.91. The molecule has 2 aromatic heterocycles. The minimum Gasteiger partial charge on any atom is -0.319 e. The maximum Gasteiger partial charge on any atom is 0.132 e. The largest absolute Gasteiger partial charge is 0.319 e. The van der Waals surface area contributed by atoms with Crippen LogP contribution in [0.15, 0.2) is 24.5 Å². The third kappa shape index (κ3) is 2.09. The maximum absolute atomic E-state index is 7.51. The van der Waals surface area contributed by atoms with Gasteiger partial charge in [0.25, 0.3) is 0 Å². The predicted molar refractivity (Wildman–Crippen MR) is 64.7 cm³/mol. The number of aromatic nitrogens is 2. The Morgan fingerprint density at radius 3 is 3.00 bits per heavy atom. The Labute approximate surface area is 108 Å². The molecule has 0 bridgehead atoms. The van der Waals surface area contributed by atoms with Crippen molar-refractivity contribution in [2.75, 3.05) is 0 Å². The summed E-state index contributed by atoms with van der Waals surface area (Å²) in [5, 5.41) is 0.324. The molecule has 2 heterocycles. The van der Waals surface area contributed by atoms with Crippen molar-refractivity contribution < 1.29 is 8.22 Å². The molecule has 0 spiro atoms. The molecule has 2 rings (SSSR count). The van der Waals surface area contributed by atoms with Crippen LogP contribution in [0.2, 0.25) is 5.02 Å². The number of fused-ring (bicyclic) bond motifs is 1. The van der Waals surface area contributed by atoms with E-state index in [1.165, 1.54) is 16.8 Å². The van der Waals surface area contributed by atoms with Gasteiger partial charge in [-0.3, -0.25) is 0 Å². The van der Waals surface area contributed by atoms with E-state index in [0.717, 1.165) is 0 Å². The number of pyridine rings is 1. The summed E-state index contributed by atoms with van der Waals surface area (Å²) < 4.78 is 46.3. The molecule has 15 heavy (non-hydrogen) atoms. The van der Waals surface area contributed by atoms with Gasteiger partial charge in [0.05, 0.1) is 22.3 Å². The lowest BCUT2D eigenvalue weighted by Crippen LogP contribution is -2.31. The molecule has 0 saturated carbocycles. The Hall–Kier alpha value is -0.770. The Morgan fingerprint density at radius 1 is 1.60 bits per heavy atom. The lowest BCUT2D eigenvalue weighted by Gasteiger charge is -2.16. The number of imidazole rings is 1. The van der Waals surface area contributed by atoms with Crippen molar-refractivity contribution in [1.29, 1.82) is 0 Å². The fourth-order valence-electron chi connectivity index (χ4n) is 1.28. The van der Waals surface area contributed by atoms with Gasteiger partial charge >= 0.3 is 0 Å². The third-order valence-corrected chi connectivity index (χ3v) is 2.19. The standard InChI is InChI=1S/C10H12ClN3.ClH/c1-10(2,12)9-13-6-8-7(11)4-3-5-14(8)9;/h3-6H,12H2,1-2H3;1H/i1D3,2D3;. The highest BCUT2D eigenvalue weighted by molar-refractivity contribution is 6.33. The first-order valence-corrected chi connectivity index (χ1v) is 4.29. The van der Waals surface area contributed by atoms with Gasteiger partial charge in [-0.25, -0.2) is 4.98 Å². The van der Waals surface area contributed by atoms with Gasteiger partial charge in [0, 0.05) is 14.4 Å². The first-order chi connectivity index (χ1) is 9.00. The zero-order valence-corrected chi connectivity index (χ0v) is 9.14. The summed E-state index contributed by atoms with van der Waals surface area (Å²) in [6.07, 6.45) is 2.78. The molecular weight excluding hydrogens is 233 g/mol. The molecule has 0 aromatic carbocycles. The van der Waals surface area contributed by atoms with Crippen molar-refractivity contribution in [1.82, 2.24) is 9.38 Å². The molecule has 0 aliphatic carbocycles. The van der Waals surface area contributed by atoms with Gasteiger partial charge in [-0.2, -0.15) is 0 Å². The van der Waals surface area contributed by atoms with Gasteiger partial charge in [0.1, 0.15) is 5.82 Å². The van der Waals surface area contributed by atoms with E-state index < -0.39 is 19.2 Å². The average molecular weight is 252 g/mol. The van der Waals surface area contributed by atoms with E-state index in [-0.39, 0.29) is 18.2 Å². The van der Waals surface area contributed by atoms with E-state index >= 15 is 0 Å². The van der Waals surface area contributed by atoms with Crippen LogP contribution in [0.1, 0.15) is 27.8 Å². The van der Waals surface area contributed by atoms with Crippen molar-refractivity contribution >= 4 is 29.5 Å². The van der Waals surface area contributed by atoms with Crippen LogP contribution in [0.3, 0.4) is 0 Å². The number of rotatable bonds is 1. The summed E-state index contributed by atoms with van der Waals surface area (Å²) in [7, 11) is 0. The van der Waals surface area contributed by atoms with Gasteiger partial charge in [0.2, 0.25) is 0 Å². The Bertz CT molecular complexity index is 634. The van der Waals surface area contributed by atoms with E-state index in [4.69, 9.17) is 25.6 Å². The van der Waals surface area contributed by atoms with E-state index in [1.807, 2.05) is 0 Å². The predicted octanol–water partition coefficient (Wildman–Crippen LogP) is 2.60. The van der Waals surface area contributed by atoms with Crippen LogP contribution in [-0.2, 0) is 5.54 Å². The summed E-state index contributed by atoms with van der Waals surface area (Å²) in [6, 6.07) is 3.14. The molecule has 0 atom stereocenters. The van der Waals surface area contributed by atoms with Crippen LogP contribution < -0.4 is 5.73 Å². The monoisotopic (exact) mass is 251 g/mol. The molecule has 3 nitrogen and oxygen atoms in total. The van der Waals surface area contributed by atoms with Crippen molar-refractivity contribution in [3.63, 3.8) is 0 Å². The first kappa shape index (κ1) is 6.09. The molecule has 5 heteroatoms.